The van der Waals surface area contributed by atoms with Gasteiger partial charge in [0.25, 0.3) is 0 Å². The lowest BCUT2D eigenvalue weighted by molar-refractivity contribution is -0.00979. The zero-order valence-electron chi connectivity index (χ0n) is 17.4. The maximum Gasteiger partial charge on any atom is 0.490 e. The first-order valence-corrected chi connectivity index (χ1v) is 10.9. The van der Waals surface area contributed by atoms with Crippen LogP contribution in [-0.2, 0) is 11.2 Å². The second-order valence-electron chi connectivity index (χ2n) is 9.70. The molecule has 29 heavy (non-hydrogen) atoms. The van der Waals surface area contributed by atoms with Crippen LogP contribution in [0.5, 0.6) is 0 Å². The Bertz CT molecular complexity index is 807. The summed E-state index contributed by atoms with van der Waals surface area (Å²) in [7, 11) is -1.58. The van der Waals surface area contributed by atoms with Crippen molar-refractivity contribution in [1.29, 1.82) is 0 Å². The van der Waals surface area contributed by atoms with Crippen LogP contribution in [0.25, 0.3) is 0 Å². The van der Waals surface area contributed by atoms with E-state index in [1.807, 2.05) is 31.7 Å². The number of likely N-dealkylation sites (tertiary alicyclic amines) is 1. The summed E-state index contributed by atoms with van der Waals surface area (Å²) < 4.78 is 5.71. The average molecular weight is 421 g/mol. The third kappa shape index (κ3) is 3.85. The summed E-state index contributed by atoms with van der Waals surface area (Å²) in [6, 6.07) is 3.69. The van der Waals surface area contributed by atoms with Gasteiger partial charge in [0, 0.05) is 40.8 Å². The highest BCUT2D eigenvalue weighted by molar-refractivity contribution is 6.61. The molecule has 6 nitrogen and oxygen atoms in total. The van der Waals surface area contributed by atoms with Crippen molar-refractivity contribution in [2.45, 2.75) is 76.5 Å². The quantitative estimate of drug-likeness (QED) is 0.720. The minimum atomic E-state index is -1.58. The van der Waals surface area contributed by atoms with Gasteiger partial charge >= 0.3 is 13.2 Å². The molecular formula is C21H30BClN2O4. The van der Waals surface area contributed by atoms with E-state index in [2.05, 4.69) is 4.90 Å². The molecule has 3 aliphatic rings. The maximum absolute atomic E-state index is 13.0. The van der Waals surface area contributed by atoms with Crippen molar-refractivity contribution in [3.05, 3.63) is 22.7 Å². The Morgan fingerprint density at radius 3 is 2.59 bits per heavy atom. The van der Waals surface area contributed by atoms with Gasteiger partial charge in [0.05, 0.1) is 0 Å². The molecule has 2 heterocycles. The number of hydrogen-bond acceptors (Lipinski definition) is 5. The first-order chi connectivity index (χ1) is 13.6. The summed E-state index contributed by atoms with van der Waals surface area (Å²) in [5, 5.41) is 20.5. The van der Waals surface area contributed by atoms with Gasteiger partial charge in [-0.25, -0.2) is 4.79 Å². The van der Waals surface area contributed by atoms with Crippen LogP contribution in [0, 0.1) is 0 Å². The normalized spacial score (nSPS) is 23.0. The fourth-order valence-corrected chi connectivity index (χ4v) is 5.45. The standard InChI is InChI=1S/C21H30BClN2O4/c1-20(2,3)29-19(26)25-13-16(12-21(25)7-5-8-21)24-9-4-6-14-10-15(23)11-17(18(14)24)22(27)28/h10-11,16,27-28H,4-9,12-13H2,1-3H3. The van der Waals surface area contributed by atoms with Crippen LogP contribution >= 0.6 is 11.6 Å². The number of fused-ring (bicyclic) bond motifs is 1. The number of benzene rings is 1. The van der Waals surface area contributed by atoms with E-state index in [4.69, 9.17) is 16.3 Å². The Hall–Kier alpha value is -1.44. The van der Waals surface area contributed by atoms with Crippen LogP contribution in [0.4, 0.5) is 10.5 Å². The van der Waals surface area contributed by atoms with E-state index in [9.17, 15) is 14.8 Å². The molecule has 2 fully saturated rings. The van der Waals surface area contributed by atoms with E-state index >= 15 is 0 Å². The van der Waals surface area contributed by atoms with Crippen molar-refractivity contribution in [1.82, 2.24) is 4.90 Å². The molecule has 1 saturated heterocycles. The smallest absolute Gasteiger partial charge is 0.444 e. The highest BCUT2D eigenvalue weighted by Gasteiger charge is 2.54. The number of nitrogens with zero attached hydrogens (tertiary/aromatic N) is 2. The van der Waals surface area contributed by atoms with Crippen LogP contribution in [0.15, 0.2) is 12.1 Å². The van der Waals surface area contributed by atoms with Crippen LogP contribution in [0.3, 0.4) is 0 Å². The molecule has 1 amide bonds. The minimum Gasteiger partial charge on any atom is -0.444 e. The van der Waals surface area contributed by atoms with Crippen LogP contribution in [0.1, 0.15) is 58.4 Å². The molecule has 1 atom stereocenters. The van der Waals surface area contributed by atoms with Crippen molar-refractivity contribution in [2.75, 3.05) is 18.0 Å². The molecule has 0 radical (unpaired) electrons. The molecule has 0 aromatic heterocycles. The van der Waals surface area contributed by atoms with Crippen molar-refractivity contribution in [3.63, 3.8) is 0 Å². The molecule has 8 heteroatoms. The summed E-state index contributed by atoms with van der Waals surface area (Å²) in [6.45, 7) is 7.11. The zero-order chi connectivity index (χ0) is 21.0. The van der Waals surface area contributed by atoms with Gasteiger partial charge in [-0.2, -0.15) is 0 Å². The third-order valence-electron chi connectivity index (χ3n) is 6.51. The van der Waals surface area contributed by atoms with Gasteiger partial charge in [-0.15, -0.1) is 0 Å². The number of amides is 1. The first-order valence-electron chi connectivity index (χ1n) is 10.6. The van der Waals surface area contributed by atoms with Crippen molar-refractivity contribution >= 4 is 36.0 Å². The molecular weight excluding hydrogens is 391 g/mol. The van der Waals surface area contributed by atoms with Crippen LogP contribution in [0.2, 0.25) is 5.02 Å². The molecule has 158 valence electrons. The number of carbonyl (C=O) groups excluding carboxylic acids is 1. The lowest BCUT2D eigenvalue weighted by Crippen LogP contribution is -2.53. The van der Waals surface area contributed by atoms with Gasteiger partial charge in [0.1, 0.15) is 5.60 Å². The highest BCUT2D eigenvalue weighted by Crippen LogP contribution is 2.48. The summed E-state index contributed by atoms with van der Waals surface area (Å²) >= 11 is 6.23. The number of aryl methyl sites for hydroxylation is 1. The second kappa shape index (κ2) is 7.36. The number of rotatable bonds is 2. The lowest BCUT2D eigenvalue weighted by Gasteiger charge is -2.45. The Balaban J connectivity index is 1.65. The zero-order valence-corrected chi connectivity index (χ0v) is 18.2. The Kier molecular flexibility index (Phi) is 5.29. The van der Waals surface area contributed by atoms with Gasteiger partial charge in [-0.05, 0) is 77.0 Å². The molecule has 1 spiro atoms. The molecule has 1 saturated carbocycles. The number of halogens is 1. The number of hydrogen-bond donors (Lipinski definition) is 2. The average Bonchev–Trinajstić information content (AvgIpc) is 3.00. The van der Waals surface area contributed by atoms with Gasteiger partial charge in [-0.1, -0.05) is 11.6 Å². The predicted molar refractivity (Wildman–Crippen MR) is 115 cm³/mol. The van der Waals surface area contributed by atoms with Gasteiger partial charge in [0.2, 0.25) is 0 Å². The fraction of sp³-hybridized carbons (Fsp3) is 0.667. The molecule has 4 rings (SSSR count). The summed E-state index contributed by atoms with van der Waals surface area (Å²) in [5.74, 6) is 0. The molecule has 2 aliphatic heterocycles. The van der Waals surface area contributed by atoms with Gasteiger partial charge < -0.3 is 24.6 Å². The topological polar surface area (TPSA) is 73.2 Å². The van der Waals surface area contributed by atoms with Crippen LogP contribution in [-0.4, -0.2) is 58.4 Å². The number of carbonyl (C=O) groups is 1. The number of ether oxygens (including phenoxy) is 1. The Labute approximate surface area is 177 Å². The predicted octanol–water partition coefficient (Wildman–Crippen LogP) is 2.70. The Morgan fingerprint density at radius 1 is 1.28 bits per heavy atom. The van der Waals surface area contributed by atoms with Gasteiger partial charge in [0.15, 0.2) is 0 Å². The monoisotopic (exact) mass is 420 g/mol. The fourth-order valence-electron chi connectivity index (χ4n) is 5.20. The molecule has 1 aromatic rings. The summed E-state index contributed by atoms with van der Waals surface area (Å²) in [6.07, 6.45) is 5.60. The second-order valence-corrected chi connectivity index (χ2v) is 10.1. The molecule has 2 N–H and O–H groups in total. The summed E-state index contributed by atoms with van der Waals surface area (Å²) in [5.41, 5.74) is 1.72. The Morgan fingerprint density at radius 2 is 2.00 bits per heavy atom. The van der Waals surface area contributed by atoms with E-state index < -0.39 is 12.7 Å². The van der Waals surface area contributed by atoms with Gasteiger partial charge in [-0.3, -0.25) is 0 Å². The van der Waals surface area contributed by atoms with Crippen molar-refractivity contribution in [2.24, 2.45) is 0 Å². The lowest BCUT2D eigenvalue weighted by atomic mass is 9.73. The summed E-state index contributed by atoms with van der Waals surface area (Å²) in [4.78, 5) is 17.2. The van der Waals surface area contributed by atoms with Crippen molar-refractivity contribution in [3.8, 4) is 0 Å². The minimum absolute atomic E-state index is 0.126. The van der Waals surface area contributed by atoms with E-state index in [1.54, 1.807) is 6.07 Å². The maximum atomic E-state index is 13.0. The molecule has 1 aliphatic carbocycles. The van der Waals surface area contributed by atoms with E-state index in [1.165, 1.54) is 0 Å². The molecule has 0 bridgehead atoms. The van der Waals surface area contributed by atoms with Crippen molar-refractivity contribution < 1.29 is 19.6 Å². The first kappa shape index (κ1) is 20.8. The van der Waals surface area contributed by atoms with E-state index in [0.29, 0.717) is 17.0 Å². The van der Waals surface area contributed by atoms with E-state index in [-0.39, 0.29) is 17.7 Å². The molecule has 1 unspecified atom stereocenters. The largest absolute Gasteiger partial charge is 0.490 e. The number of anilines is 1. The van der Waals surface area contributed by atoms with E-state index in [0.717, 1.165) is 56.3 Å². The third-order valence-corrected chi connectivity index (χ3v) is 6.73. The highest BCUT2D eigenvalue weighted by atomic mass is 35.5. The molecule has 1 aromatic carbocycles. The SMILES string of the molecule is CC(C)(C)OC(=O)N1CC(N2CCCc3cc(Cl)cc(B(O)O)c32)CC12CCC2. The van der Waals surface area contributed by atoms with Crippen LogP contribution < -0.4 is 10.4 Å².